The van der Waals surface area contributed by atoms with Gasteiger partial charge in [0.1, 0.15) is 10.7 Å². The summed E-state index contributed by atoms with van der Waals surface area (Å²) in [5, 5.41) is 18.2. The van der Waals surface area contributed by atoms with E-state index >= 15 is 0 Å². The summed E-state index contributed by atoms with van der Waals surface area (Å²) < 4.78 is 0. The summed E-state index contributed by atoms with van der Waals surface area (Å²) in [6.45, 7) is 5.23. The normalized spacial score (nSPS) is 22.9. The van der Waals surface area contributed by atoms with Gasteiger partial charge in [-0.25, -0.2) is 4.98 Å². The maximum Gasteiger partial charge on any atom is 0.290 e. The molecule has 7 nitrogen and oxygen atoms in total. The summed E-state index contributed by atoms with van der Waals surface area (Å²) in [7, 11) is 0. The van der Waals surface area contributed by atoms with Crippen molar-refractivity contribution < 1.29 is 14.7 Å². The highest BCUT2D eigenvalue weighted by atomic mass is 32.1. The number of hydrogen-bond acceptors (Lipinski definition) is 6. The number of nitrogens with zero attached hydrogens (tertiary/aromatic N) is 3. The second-order valence-corrected chi connectivity index (χ2v) is 8.62. The molecule has 1 atom stereocenters. The highest BCUT2D eigenvalue weighted by molar-refractivity contribution is 7.13. The van der Waals surface area contributed by atoms with Crippen molar-refractivity contribution in [1.29, 1.82) is 0 Å². The number of nitrogens with one attached hydrogen (secondary N) is 1. The van der Waals surface area contributed by atoms with Gasteiger partial charge in [-0.15, -0.1) is 11.3 Å². The number of H-pyrrole nitrogens is 1. The van der Waals surface area contributed by atoms with Crippen LogP contribution in [0.25, 0.3) is 21.5 Å². The Hall–Kier alpha value is -2.58. The van der Waals surface area contributed by atoms with Crippen molar-refractivity contribution in [2.45, 2.75) is 26.2 Å². The number of carbonyl (C=O) groups is 2. The summed E-state index contributed by atoms with van der Waals surface area (Å²) in [5.41, 5.74) is 3.58. The molecule has 2 N–H and O–H groups in total. The Balaban J connectivity index is 0.000000645. The summed E-state index contributed by atoms with van der Waals surface area (Å²) in [6.07, 6.45) is 3.10. The molecule has 3 fully saturated rings. The van der Waals surface area contributed by atoms with Gasteiger partial charge >= 0.3 is 0 Å². The van der Waals surface area contributed by atoms with E-state index in [-0.39, 0.29) is 12.3 Å². The average molecular weight is 413 g/mol. The van der Waals surface area contributed by atoms with Crippen molar-refractivity contribution in [3.05, 3.63) is 35.0 Å². The van der Waals surface area contributed by atoms with Gasteiger partial charge in [0.05, 0.1) is 5.52 Å². The molecule has 1 aromatic carbocycles. The van der Waals surface area contributed by atoms with E-state index in [9.17, 15) is 4.79 Å². The topological polar surface area (TPSA) is 99.2 Å². The lowest BCUT2D eigenvalue weighted by atomic mass is 9.76. The van der Waals surface area contributed by atoms with Crippen molar-refractivity contribution in [1.82, 2.24) is 20.1 Å². The van der Waals surface area contributed by atoms with Crippen molar-refractivity contribution in [2.24, 2.45) is 11.8 Å². The molecule has 152 valence electrons. The van der Waals surface area contributed by atoms with Crippen molar-refractivity contribution in [3.63, 3.8) is 0 Å². The fourth-order valence-corrected chi connectivity index (χ4v) is 5.29. The molecule has 0 amide bonds. The number of piperidine rings is 3. The van der Waals surface area contributed by atoms with Crippen LogP contribution in [0, 0.1) is 18.8 Å². The van der Waals surface area contributed by atoms with E-state index in [2.05, 4.69) is 31.5 Å². The Morgan fingerprint density at radius 3 is 2.76 bits per heavy atom. The minimum atomic E-state index is -0.250. The predicted octanol–water partition coefficient (Wildman–Crippen LogP) is 3.61. The predicted molar refractivity (Wildman–Crippen MR) is 112 cm³/mol. The van der Waals surface area contributed by atoms with Crippen LogP contribution in [-0.4, -0.2) is 57.1 Å². The first-order valence-electron chi connectivity index (χ1n) is 9.83. The van der Waals surface area contributed by atoms with Crippen molar-refractivity contribution in [2.75, 3.05) is 19.6 Å². The van der Waals surface area contributed by atoms with E-state index in [0.717, 1.165) is 33.7 Å². The van der Waals surface area contributed by atoms with E-state index in [1.54, 1.807) is 11.3 Å². The molecule has 3 saturated heterocycles. The van der Waals surface area contributed by atoms with Crippen LogP contribution < -0.4 is 0 Å². The Morgan fingerprint density at radius 2 is 2.14 bits per heavy atom. The van der Waals surface area contributed by atoms with Gasteiger partial charge in [0.25, 0.3) is 6.47 Å². The lowest BCUT2D eigenvalue weighted by Gasteiger charge is -2.44. The Morgan fingerprint density at radius 1 is 1.38 bits per heavy atom. The molecule has 0 aliphatic carbocycles. The van der Waals surface area contributed by atoms with Crippen LogP contribution in [0.4, 0.5) is 0 Å². The lowest BCUT2D eigenvalue weighted by Crippen LogP contribution is -2.47. The number of thiazole rings is 1. The fraction of sp³-hybridized carbons (Fsp3) is 0.429. The number of hydrogen-bond donors (Lipinski definition) is 2. The molecule has 8 heteroatoms. The highest BCUT2D eigenvalue weighted by Gasteiger charge is 2.35. The van der Waals surface area contributed by atoms with E-state index in [1.807, 2.05) is 19.1 Å². The molecule has 3 aromatic rings. The van der Waals surface area contributed by atoms with Gasteiger partial charge in [0.15, 0.2) is 5.78 Å². The maximum absolute atomic E-state index is 13.0. The Kier molecular flexibility index (Phi) is 5.73. The zero-order chi connectivity index (χ0) is 20.4. The van der Waals surface area contributed by atoms with Crippen LogP contribution in [0.15, 0.2) is 23.6 Å². The molecule has 5 heterocycles. The lowest BCUT2D eigenvalue weighted by molar-refractivity contribution is -0.122. The second kappa shape index (κ2) is 8.42. The molecule has 0 unspecified atom stereocenters. The number of ketones is 1. The van der Waals surface area contributed by atoms with Gasteiger partial charge in [0.2, 0.25) is 0 Å². The highest BCUT2D eigenvalue weighted by Crippen LogP contribution is 2.35. The third-order valence-corrected chi connectivity index (χ3v) is 6.94. The quantitative estimate of drug-likeness (QED) is 0.502. The van der Waals surface area contributed by atoms with Gasteiger partial charge in [-0.3, -0.25) is 14.7 Å². The number of aryl methyl sites for hydroxylation is 1. The SMILES string of the molecule is Cc1csc(-c2ccc3[nH]nc(C(=O)C[C@H]4CN5CCC4CC5)c3c2)n1.O=CO. The van der Waals surface area contributed by atoms with Crippen molar-refractivity contribution in [3.8, 4) is 10.6 Å². The number of Topliss-reactive ketones (excluding diaryl/α,β-unsaturated/α-hetero) is 1. The fourth-order valence-electron chi connectivity index (χ4n) is 4.50. The molecule has 0 spiro atoms. The van der Waals surface area contributed by atoms with Gasteiger partial charge in [-0.2, -0.15) is 5.10 Å². The molecule has 2 aromatic heterocycles. The zero-order valence-electron chi connectivity index (χ0n) is 16.3. The Labute approximate surface area is 172 Å². The molecule has 0 radical (unpaired) electrons. The average Bonchev–Trinajstić information content (AvgIpc) is 3.35. The Bertz CT molecular complexity index is 1020. The molecular formula is C21H24N4O3S. The third kappa shape index (κ3) is 4.09. The molecule has 2 bridgehead atoms. The standard InChI is InChI=1S/C20H22N4OS.CH2O2/c1-12-11-26-20(21-12)14-2-3-17-16(8-14)19(23-22-17)18(25)9-15-10-24-6-4-13(15)5-7-24;2-1-3/h2-3,8,11,13,15H,4-7,9-10H2,1H3,(H,22,23);1H,(H,2,3)/t15-;/m0./s1. The molecule has 0 saturated carbocycles. The van der Waals surface area contributed by atoms with E-state index in [1.165, 1.54) is 25.9 Å². The zero-order valence-corrected chi connectivity index (χ0v) is 17.1. The molecule has 3 aliphatic rings. The van der Waals surface area contributed by atoms with Crippen LogP contribution in [0.5, 0.6) is 0 Å². The number of benzene rings is 1. The van der Waals surface area contributed by atoms with Crippen LogP contribution in [0.2, 0.25) is 0 Å². The van der Waals surface area contributed by atoms with Gasteiger partial charge in [0, 0.05) is 35.0 Å². The smallest absolute Gasteiger partial charge is 0.290 e. The van der Waals surface area contributed by atoms with Crippen LogP contribution in [0.3, 0.4) is 0 Å². The number of aromatic nitrogens is 3. The maximum atomic E-state index is 13.0. The molecule has 6 rings (SSSR count). The largest absolute Gasteiger partial charge is 0.483 e. The first-order chi connectivity index (χ1) is 14.1. The van der Waals surface area contributed by atoms with E-state index < -0.39 is 0 Å². The van der Waals surface area contributed by atoms with E-state index in [0.29, 0.717) is 24.0 Å². The summed E-state index contributed by atoms with van der Waals surface area (Å²) >= 11 is 1.63. The molecule has 29 heavy (non-hydrogen) atoms. The second-order valence-electron chi connectivity index (χ2n) is 7.76. The first-order valence-corrected chi connectivity index (χ1v) is 10.7. The van der Waals surface area contributed by atoms with Crippen LogP contribution >= 0.6 is 11.3 Å². The third-order valence-electron chi connectivity index (χ3n) is 5.93. The van der Waals surface area contributed by atoms with Crippen LogP contribution in [-0.2, 0) is 4.79 Å². The van der Waals surface area contributed by atoms with E-state index in [4.69, 9.17) is 9.90 Å². The van der Waals surface area contributed by atoms with Gasteiger partial charge in [-0.1, -0.05) is 0 Å². The summed E-state index contributed by atoms with van der Waals surface area (Å²) in [6, 6.07) is 6.10. The van der Waals surface area contributed by atoms with Gasteiger partial charge in [-0.05, 0) is 62.9 Å². The molecular weight excluding hydrogens is 388 g/mol. The first kappa shape index (κ1) is 19.7. The number of carbonyl (C=O) groups excluding carboxylic acids is 1. The number of fused-ring (bicyclic) bond motifs is 4. The summed E-state index contributed by atoms with van der Waals surface area (Å²) in [5.74, 6) is 1.37. The number of rotatable bonds is 4. The van der Waals surface area contributed by atoms with Gasteiger partial charge < -0.3 is 10.0 Å². The molecule has 3 aliphatic heterocycles. The minimum Gasteiger partial charge on any atom is -0.483 e. The van der Waals surface area contributed by atoms with Crippen LogP contribution in [0.1, 0.15) is 35.4 Å². The monoisotopic (exact) mass is 412 g/mol. The number of aromatic amines is 1. The van der Waals surface area contributed by atoms with Crippen molar-refractivity contribution >= 4 is 34.5 Å². The number of carboxylic acid groups (broad SMARTS) is 1. The summed E-state index contributed by atoms with van der Waals surface area (Å²) in [4.78, 5) is 28.4. The minimum absolute atomic E-state index is 0.169.